The van der Waals surface area contributed by atoms with Gasteiger partial charge in [0.15, 0.2) is 0 Å². The average Bonchev–Trinajstić information content (AvgIpc) is 2.67. The van der Waals surface area contributed by atoms with E-state index in [4.69, 9.17) is 4.74 Å². The lowest BCUT2D eigenvalue weighted by atomic mass is 9.98. The van der Waals surface area contributed by atoms with E-state index < -0.39 is 11.2 Å². The molecule has 1 aromatic carbocycles. The third kappa shape index (κ3) is 11.9. The molecule has 9 heteroatoms. The van der Waals surface area contributed by atoms with E-state index in [1.807, 2.05) is 45.0 Å². The molecule has 1 unspecified atom stereocenters. The summed E-state index contributed by atoms with van der Waals surface area (Å²) in [5, 5.41) is 25.4. The fourth-order valence-electron chi connectivity index (χ4n) is 2.55. The van der Waals surface area contributed by atoms with Gasteiger partial charge in [0.05, 0.1) is 6.61 Å². The van der Waals surface area contributed by atoms with Gasteiger partial charge in [0.25, 0.3) is 5.09 Å². The van der Waals surface area contributed by atoms with Crippen LogP contribution >= 0.6 is 0 Å². The van der Waals surface area contributed by atoms with E-state index in [9.17, 15) is 20.0 Å². The molecule has 0 radical (unpaired) electrons. The smallest absolute Gasteiger partial charge is 0.294 e. The molecule has 0 bridgehead atoms. The van der Waals surface area contributed by atoms with Crippen molar-refractivity contribution in [1.29, 1.82) is 0 Å². The molecule has 0 aliphatic carbocycles. The van der Waals surface area contributed by atoms with E-state index in [-0.39, 0.29) is 24.7 Å². The molecular formula is C20H33N3O6. The molecule has 0 spiro atoms. The maximum atomic E-state index is 11.9. The summed E-state index contributed by atoms with van der Waals surface area (Å²) in [6.07, 6.45) is 1.42. The summed E-state index contributed by atoms with van der Waals surface area (Å²) in [6.45, 7) is 6.95. The Morgan fingerprint density at radius 2 is 2.03 bits per heavy atom. The summed E-state index contributed by atoms with van der Waals surface area (Å²) in [6, 6.07) is 7.65. The number of aliphatic hydroxyl groups excluding tert-OH is 1. The number of ether oxygens (including phenoxy) is 1. The molecule has 0 fully saturated rings. The third-order valence-electron chi connectivity index (χ3n) is 4.41. The summed E-state index contributed by atoms with van der Waals surface area (Å²) < 4.78 is 5.65. The van der Waals surface area contributed by atoms with Crippen molar-refractivity contribution >= 4 is 5.91 Å². The van der Waals surface area contributed by atoms with Crippen LogP contribution in [-0.4, -0.2) is 54.0 Å². The highest BCUT2D eigenvalue weighted by Crippen LogP contribution is 2.16. The first-order chi connectivity index (χ1) is 13.7. The first-order valence-corrected chi connectivity index (χ1v) is 9.85. The Balaban J connectivity index is 2.16. The molecule has 0 aromatic heterocycles. The molecule has 0 heterocycles. The molecule has 0 saturated carbocycles. The quantitative estimate of drug-likeness (QED) is 0.229. The second-order valence-corrected chi connectivity index (χ2v) is 7.61. The fraction of sp³-hybridized carbons (Fsp3) is 0.650. The highest BCUT2D eigenvalue weighted by molar-refractivity contribution is 5.75. The summed E-state index contributed by atoms with van der Waals surface area (Å²) >= 11 is 0. The largest absolute Gasteiger partial charge is 0.491 e. The van der Waals surface area contributed by atoms with Gasteiger partial charge in [-0.05, 0) is 51.7 Å². The van der Waals surface area contributed by atoms with Gasteiger partial charge in [0.1, 0.15) is 18.5 Å². The molecule has 1 amide bonds. The minimum Gasteiger partial charge on any atom is -0.491 e. The number of aliphatic hydroxyl groups is 1. The van der Waals surface area contributed by atoms with Crippen molar-refractivity contribution in [2.75, 3.05) is 26.3 Å². The van der Waals surface area contributed by atoms with Crippen LogP contribution in [0.3, 0.4) is 0 Å². The number of para-hydroxylation sites is 1. The molecule has 29 heavy (non-hydrogen) atoms. The Bertz CT molecular complexity index is 638. The molecular weight excluding hydrogens is 378 g/mol. The predicted octanol–water partition coefficient (Wildman–Crippen LogP) is 1.99. The monoisotopic (exact) mass is 411 g/mol. The van der Waals surface area contributed by atoms with E-state index in [0.717, 1.165) is 11.3 Å². The van der Waals surface area contributed by atoms with Gasteiger partial charge < -0.3 is 25.3 Å². The van der Waals surface area contributed by atoms with Gasteiger partial charge in [0.2, 0.25) is 5.91 Å². The number of amides is 1. The van der Waals surface area contributed by atoms with Gasteiger partial charge in [-0.25, -0.2) is 0 Å². The second kappa shape index (κ2) is 12.9. The van der Waals surface area contributed by atoms with Crippen molar-refractivity contribution in [2.24, 2.45) is 0 Å². The number of hydrogen-bond donors (Lipinski definition) is 3. The zero-order valence-electron chi connectivity index (χ0n) is 17.5. The summed E-state index contributed by atoms with van der Waals surface area (Å²) in [5.74, 6) is 0.686. The lowest BCUT2D eigenvalue weighted by Gasteiger charge is -2.27. The predicted molar refractivity (Wildman–Crippen MR) is 109 cm³/mol. The van der Waals surface area contributed by atoms with E-state index in [1.54, 1.807) is 0 Å². The third-order valence-corrected chi connectivity index (χ3v) is 4.41. The van der Waals surface area contributed by atoms with Crippen molar-refractivity contribution in [2.45, 2.75) is 58.1 Å². The van der Waals surface area contributed by atoms with Gasteiger partial charge in [0, 0.05) is 25.0 Å². The van der Waals surface area contributed by atoms with E-state index in [1.165, 1.54) is 0 Å². The van der Waals surface area contributed by atoms with Crippen LogP contribution in [0.2, 0.25) is 0 Å². The topological polar surface area (TPSA) is 123 Å². The number of β-amino-alcohol motifs (C(OH)–C–C–N with tert-alkyl or cyclic N) is 1. The van der Waals surface area contributed by atoms with Crippen LogP contribution < -0.4 is 15.4 Å². The zero-order chi connectivity index (χ0) is 21.7. The number of aryl methyl sites for hydroxylation is 1. The highest BCUT2D eigenvalue weighted by atomic mass is 16.9. The van der Waals surface area contributed by atoms with Gasteiger partial charge in [-0.1, -0.05) is 18.2 Å². The van der Waals surface area contributed by atoms with Crippen molar-refractivity contribution in [3.05, 3.63) is 39.9 Å². The van der Waals surface area contributed by atoms with Crippen molar-refractivity contribution in [3.8, 4) is 5.75 Å². The maximum Gasteiger partial charge on any atom is 0.294 e. The minimum atomic E-state index is -0.820. The van der Waals surface area contributed by atoms with Crippen LogP contribution in [0.4, 0.5) is 0 Å². The van der Waals surface area contributed by atoms with Crippen molar-refractivity contribution in [1.82, 2.24) is 10.6 Å². The minimum absolute atomic E-state index is 0.0374. The Kier molecular flexibility index (Phi) is 11.0. The number of unbranched alkanes of at least 4 members (excludes halogenated alkanes) is 1. The number of carbonyl (C=O) groups excluding carboxylic acids is 1. The molecule has 0 saturated heterocycles. The highest BCUT2D eigenvalue weighted by Gasteiger charge is 2.20. The van der Waals surface area contributed by atoms with E-state index >= 15 is 0 Å². The van der Waals surface area contributed by atoms with Crippen LogP contribution in [0.15, 0.2) is 24.3 Å². The fourth-order valence-corrected chi connectivity index (χ4v) is 2.55. The van der Waals surface area contributed by atoms with Crippen molar-refractivity contribution < 1.29 is 24.6 Å². The molecule has 1 aromatic rings. The van der Waals surface area contributed by atoms with Gasteiger partial charge in [-0.15, -0.1) is 10.1 Å². The Morgan fingerprint density at radius 3 is 2.72 bits per heavy atom. The Labute approximate surface area is 171 Å². The molecule has 3 N–H and O–H groups in total. The Hall–Kier alpha value is -2.39. The van der Waals surface area contributed by atoms with E-state index in [0.29, 0.717) is 38.8 Å². The average molecular weight is 411 g/mol. The second-order valence-electron chi connectivity index (χ2n) is 7.61. The number of nitrogens with zero attached hydrogens (tertiary/aromatic N) is 1. The SMILES string of the molecule is Cc1ccccc1OCC(O)CNC(C)(C)CCC(=O)NCCCCO[N+](=O)[O-]. The van der Waals surface area contributed by atoms with E-state index in [2.05, 4.69) is 15.5 Å². The zero-order valence-corrected chi connectivity index (χ0v) is 17.5. The first kappa shape index (κ1) is 24.6. The summed E-state index contributed by atoms with van der Waals surface area (Å²) in [4.78, 5) is 26.1. The molecule has 0 aliphatic rings. The van der Waals surface area contributed by atoms with Crippen LogP contribution in [0.5, 0.6) is 5.75 Å². The molecule has 1 atom stereocenters. The van der Waals surface area contributed by atoms with Crippen LogP contribution in [0.1, 0.15) is 45.1 Å². The molecule has 9 nitrogen and oxygen atoms in total. The molecule has 0 aliphatic heterocycles. The van der Waals surface area contributed by atoms with Gasteiger partial charge in [-0.2, -0.15) is 0 Å². The Morgan fingerprint density at radius 1 is 1.31 bits per heavy atom. The first-order valence-electron chi connectivity index (χ1n) is 9.85. The summed E-state index contributed by atoms with van der Waals surface area (Å²) in [7, 11) is 0. The van der Waals surface area contributed by atoms with Crippen LogP contribution in [0, 0.1) is 17.0 Å². The maximum absolute atomic E-state index is 11.9. The van der Waals surface area contributed by atoms with Gasteiger partial charge in [-0.3, -0.25) is 4.79 Å². The van der Waals surface area contributed by atoms with Crippen molar-refractivity contribution in [3.63, 3.8) is 0 Å². The number of carbonyl (C=O) groups is 1. The van der Waals surface area contributed by atoms with Crippen LogP contribution in [-0.2, 0) is 9.63 Å². The van der Waals surface area contributed by atoms with Gasteiger partial charge >= 0.3 is 0 Å². The molecule has 164 valence electrons. The number of rotatable bonds is 15. The lowest BCUT2D eigenvalue weighted by molar-refractivity contribution is -0.757. The summed E-state index contributed by atoms with van der Waals surface area (Å²) in [5.41, 5.74) is 0.699. The molecule has 1 rings (SSSR count). The number of hydrogen-bond acceptors (Lipinski definition) is 7. The lowest BCUT2D eigenvalue weighted by Crippen LogP contribution is -2.45. The standard InChI is InChI=1S/C20H33N3O6/c1-16-8-4-5-9-18(16)28-15-17(24)14-22-20(2,3)11-10-19(25)21-12-6-7-13-29-23(26)27/h4-5,8-9,17,22,24H,6-7,10-15H2,1-3H3,(H,21,25). The normalized spacial score (nSPS) is 12.3. The number of nitrogens with one attached hydrogen (secondary N) is 2. The number of benzene rings is 1. The van der Waals surface area contributed by atoms with Crippen LogP contribution in [0.25, 0.3) is 0 Å².